The molecule has 0 spiro atoms. The van der Waals surface area contributed by atoms with Crippen molar-refractivity contribution in [2.45, 2.75) is 19.4 Å². The van der Waals surface area contributed by atoms with Gasteiger partial charge in [0.15, 0.2) is 0 Å². The average molecular weight is 348 g/mol. The zero-order valence-corrected chi connectivity index (χ0v) is 12.4. The molecule has 5 heteroatoms. The second-order valence-electron chi connectivity index (χ2n) is 4.61. The van der Waals surface area contributed by atoms with Crippen molar-refractivity contribution in [2.24, 2.45) is 0 Å². The first-order chi connectivity index (χ1) is 7.77. The van der Waals surface area contributed by atoms with Crippen LogP contribution in [0.3, 0.4) is 0 Å². The van der Waals surface area contributed by atoms with Crippen molar-refractivity contribution in [3.63, 3.8) is 0 Å². The lowest BCUT2D eigenvalue weighted by atomic mass is 10.0. The molecule has 0 saturated heterocycles. The van der Waals surface area contributed by atoms with Gasteiger partial charge in [0.05, 0.1) is 12.1 Å². The first-order valence-electron chi connectivity index (χ1n) is 5.23. The molecule has 17 heavy (non-hydrogen) atoms. The number of hydrogen-bond donors (Lipinski definition) is 2. The first kappa shape index (κ1) is 14.2. The number of amides is 1. The topological polar surface area (TPSA) is 66.6 Å². The molecule has 0 unspecified atom stereocenters. The molecule has 0 aromatic heterocycles. The minimum Gasteiger partial charge on any atom is -0.399 e. The fourth-order valence-electron chi connectivity index (χ4n) is 1.31. The van der Waals surface area contributed by atoms with E-state index in [1.54, 1.807) is 25.2 Å². The Hall–Kier alpha value is -0.820. The Labute approximate surface area is 115 Å². The van der Waals surface area contributed by atoms with Gasteiger partial charge in [0.2, 0.25) is 0 Å². The number of carbonyl (C=O) groups excluding carboxylic acids is 1. The Kier molecular flexibility index (Phi) is 4.37. The molecule has 0 fully saturated rings. The molecule has 0 saturated carbocycles. The third kappa shape index (κ3) is 3.32. The maximum absolute atomic E-state index is 12.2. The van der Waals surface area contributed by atoms with Crippen LogP contribution in [0.1, 0.15) is 24.2 Å². The van der Waals surface area contributed by atoms with Gasteiger partial charge in [0, 0.05) is 21.9 Å². The molecule has 0 radical (unpaired) electrons. The van der Waals surface area contributed by atoms with Crippen LogP contribution in [-0.4, -0.2) is 35.1 Å². The molecule has 3 N–H and O–H groups in total. The molecular formula is C12H17IN2O2. The summed E-state index contributed by atoms with van der Waals surface area (Å²) in [6.45, 7) is 3.53. The molecular weight excluding hydrogens is 331 g/mol. The van der Waals surface area contributed by atoms with E-state index in [-0.39, 0.29) is 12.5 Å². The van der Waals surface area contributed by atoms with E-state index in [4.69, 9.17) is 5.73 Å². The number of hydrogen-bond acceptors (Lipinski definition) is 3. The number of nitrogens with two attached hydrogens (primary N) is 1. The predicted octanol–water partition coefficient (Wildman–Crippen LogP) is 1.72. The zero-order chi connectivity index (χ0) is 13.2. The number of nitrogens with zero attached hydrogens (tertiary/aromatic N) is 1. The van der Waals surface area contributed by atoms with E-state index >= 15 is 0 Å². The van der Waals surface area contributed by atoms with Crippen molar-refractivity contribution in [1.82, 2.24) is 4.90 Å². The molecule has 0 heterocycles. The molecule has 94 valence electrons. The van der Waals surface area contributed by atoms with Crippen molar-refractivity contribution >= 4 is 34.2 Å². The van der Waals surface area contributed by atoms with Crippen molar-refractivity contribution in [3.8, 4) is 0 Å². The van der Waals surface area contributed by atoms with Gasteiger partial charge in [-0.05, 0) is 54.6 Å². The number of halogens is 1. The quantitative estimate of drug-likeness (QED) is 0.646. The van der Waals surface area contributed by atoms with E-state index in [2.05, 4.69) is 22.6 Å². The van der Waals surface area contributed by atoms with Crippen LogP contribution in [0.5, 0.6) is 0 Å². The molecule has 1 rings (SSSR count). The standard InChI is InChI=1S/C12H17IN2O2/c1-12(2,7-16)15(3)11(17)8-4-9(13)6-10(14)5-8/h4-6,16H,7,14H2,1-3H3. The molecule has 0 bridgehead atoms. The number of aliphatic hydroxyl groups is 1. The van der Waals surface area contributed by atoms with Gasteiger partial charge in [-0.25, -0.2) is 0 Å². The number of carbonyl (C=O) groups is 1. The van der Waals surface area contributed by atoms with Crippen LogP contribution in [-0.2, 0) is 0 Å². The first-order valence-corrected chi connectivity index (χ1v) is 6.31. The second-order valence-corrected chi connectivity index (χ2v) is 5.85. The number of benzene rings is 1. The lowest BCUT2D eigenvalue weighted by Crippen LogP contribution is -2.47. The lowest BCUT2D eigenvalue weighted by molar-refractivity contribution is 0.0473. The Morgan fingerprint density at radius 1 is 1.47 bits per heavy atom. The number of nitrogen functional groups attached to an aromatic ring is 1. The number of rotatable bonds is 3. The normalized spacial score (nSPS) is 11.4. The highest BCUT2D eigenvalue weighted by Crippen LogP contribution is 2.19. The predicted molar refractivity (Wildman–Crippen MR) is 76.8 cm³/mol. The Morgan fingerprint density at radius 3 is 2.53 bits per heavy atom. The van der Waals surface area contributed by atoms with E-state index in [1.807, 2.05) is 13.8 Å². The van der Waals surface area contributed by atoms with Gasteiger partial charge in [-0.1, -0.05) is 0 Å². The molecule has 0 aliphatic heterocycles. The maximum atomic E-state index is 12.2. The van der Waals surface area contributed by atoms with E-state index in [0.717, 1.165) is 3.57 Å². The van der Waals surface area contributed by atoms with Gasteiger partial charge in [0.25, 0.3) is 5.91 Å². The molecule has 1 aromatic carbocycles. The smallest absolute Gasteiger partial charge is 0.254 e. The van der Waals surface area contributed by atoms with Gasteiger partial charge in [-0.3, -0.25) is 4.79 Å². The molecule has 0 aliphatic carbocycles. The zero-order valence-electron chi connectivity index (χ0n) is 10.2. The maximum Gasteiger partial charge on any atom is 0.254 e. The second kappa shape index (κ2) is 5.22. The third-order valence-electron chi connectivity index (χ3n) is 2.77. The highest BCUT2D eigenvalue weighted by Gasteiger charge is 2.27. The molecule has 0 atom stereocenters. The molecule has 4 nitrogen and oxygen atoms in total. The van der Waals surface area contributed by atoms with Crippen LogP contribution in [0.2, 0.25) is 0 Å². The highest BCUT2D eigenvalue weighted by molar-refractivity contribution is 14.1. The number of aliphatic hydroxyl groups excluding tert-OH is 1. The average Bonchev–Trinajstić information content (AvgIpc) is 2.25. The van der Waals surface area contributed by atoms with Crippen molar-refractivity contribution in [3.05, 3.63) is 27.3 Å². The van der Waals surface area contributed by atoms with E-state index in [0.29, 0.717) is 11.3 Å². The number of anilines is 1. The van der Waals surface area contributed by atoms with Crippen molar-refractivity contribution in [2.75, 3.05) is 19.4 Å². The highest BCUT2D eigenvalue weighted by atomic mass is 127. The fourth-order valence-corrected chi connectivity index (χ4v) is 2.01. The van der Waals surface area contributed by atoms with Gasteiger partial charge in [0.1, 0.15) is 0 Å². The van der Waals surface area contributed by atoms with Gasteiger partial charge >= 0.3 is 0 Å². The third-order valence-corrected chi connectivity index (χ3v) is 3.39. The molecule has 0 aliphatic rings. The molecule has 1 amide bonds. The van der Waals surface area contributed by atoms with Gasteiger partial charge in [-0.2, -0.15) is 0 Å². The summed E-state index contributed by atoms with van der Waals surface area (Å²) >= 11 is 2.12. The van der Waals surface area contributed by atoms with Crippen molar-refractivity contribution < 1.29 is 9.90 Å². The number of likely N-dealkylation sites (N-methyl/N-ethyl adjacent to an activating group) is 1. The summed E-state index contributed by atoms with van der Waals surface area (Å²) in [4.78, 5) is 13.7. The van der Waals surface area contributed by atoms with E-state index in [1.165, 1.54) is 4.90 Å². The minimum atomic E-state index is -0.590. The van der Waals surface area contributed by atoms with E-state index < -0.39 is 5.54 Å². The minimum absolute atomic E-state index is 0.0886. The van der Waals surface area contributed by atoms with Crippen LogP contribution in [0.25, 0.3) is 0 Å². The Bertz CT molecular complexity index is 412. The summed E-state index contributed by atoms with van der Waals surface area (Å²) in [5.74, 6) is -0.144. The van der Waals surface area contributed by atoms with Crippen LogP contribution in [0, 0.1) is 3.57 Å². The van der Waals surface area contributed by atoms with Crippen LogP contribution in [0.4, 0.5) is 5.69 Å². The summed E-state index contributed by atoms with van der Waals surface area (Å²) in [7, 11) is 1.68. The monoisotopic (exact) mass is 348 g/mol. The molecule has 1 aromatic rings. The Balaban J connectivity index is 3.04. The summed E-state index contributed by atoms with van der Waals surface area (Å²) in [5.41, 5.74) is 6.23. The summed E-state index contributed by atoms with van der Waals surface area (Å²) < 4.78 is 0.918. The van der Waals surface area contributed by atoms with Crippen LogP contribution in [0.15, 0.2) is 18.2 Å². The van der Waals surface area contributed by atoms with Crippen LogP contribution < -0.4 is 5.73 Å². The van der Waals surface area contributed by atoms with E-state index in [9.17, 15) is 9.90 Å². The van der Waals surface area contributed by atoms with Gasteiger partial charge in [-0.15, -0.1) is 0 Å². The van der Waals surface area contributed by atoms with Crippen molar-refractivity contribution in [1.29, 1.82) is 0 Å². The Morgan fingerprint density at radius 2 is 2.06 bits per heavy atom. The largest absolute Gasteiger partial charge is 0.399 e. The van der Waals surface area contributed by atoms with Gasteiger partial charge < -0.3 is 15.7 Å². The lowest BCUT2D eigenvalue weighted by Gasteiger charge is -2.34. The SMILES string of the molecule is CN(C(=O)c1cc(N)cc(I)c1)C(C)(C)CO. The summed E-state index contributed by atoms with van der Waals surface area (Å²) in [5, 5.41) is 9.25. The summed E-state index contributed by atoms with van der Waals surface area (Å²) in [6.07, 6.45) is 0. The summed E-state index contributed by atoms with van der Waals surface area (Å²) in [6, 6.07) is 5.23. The van der Waals surface area contributed by atoms with Crippen LogP contribution >= 0.6 is 22.6 Å². The fraction of sp³-hybridized carbons (Fsp3) is 0.417.